The quantitative estimate of drug-likeness (QED) is 0.740. The van der Waals surface area contributed by atoms with Gasteiger partial charge >= 0.3 is 6.09 Å². The Morgan fingerprint density at radius 1 is 1.24 bits per heavy atom. The van der Waals surface area contributed by atoms with Gasteiger partial charge in [0.25, 0.3) is 6.43 Å². The largest absolute Gasteiger partial charge is 0.488 e. The molecular weight excluding hydrogens is 352 g/mol. The van der Waals surface area contributed by atoms with Crippen LogP contribution >= 0.6 is 11.6 Å². The molecule has 0 unspecified atom stereocenters. The zero-order valence-corrected chi connectivity index (χ0v) is 14.8. The molecule has 1 N–H and O–H groups in total. The Balaban J connectivity index is 2.30. The van der Waals surface area contributed by atoms with Crippen LogP contribution < -0.4 is 10.1 Å². The van der Waals surface area contributed by atoms with E-state index in [2.05, 4.69) is 10.1 Å². The SMILES string of the molecule is COC(=O)Nc1cccc(Cl)c1COc1cc(C)c(C)cc1C(F)F. The maximum Gasteiger partial charge on any atom is 0.411 e. The summed E-state index contributed by atoms with van der Waals surface area (Å²) in [5.74, 6) is 0.0852. The number of anilines is 1. The van der Waals surface area contributed by atoms with Crippen LogP contribution in [0.25, 0.3) is 0 Å². The van der Waals surface area contributed by atoms with Gasteiger partial charge in [0.2, 0.25) is 0 Å². The first kappa shape index (κ1) is 19.0. The van der Waals surface area contributed by atoms with Gasteiger partial charge in [-0.3, -0.25) is 5.32 Å². The van der Waals surface area contributed by atoms with E-state index in [9.17, 15) is 13.6 Å². The lowest BCUT2D eigenvalue weighted by molar-refractivity contribution is 0.144. The van der Waals surface area contributed by atoms with E-state index in [0.717, 1.165) is 11.1 Å². The predicted octanol–water partition coefficient (Wildman–Crippen LogP) is 5.65. The summed E-state index contributed by atoms with van der Waals surface area (Å²) in [6, 6.07) is 7.88. The Labute approximate surface area is 149 Å². The second-order valence-electron chi connectivity index (χ2n) is 5.45. The van der Waals surface area contributed by atoms with Gasteiger partial charge in [-0.25, -0.2) is 13.6 Å². The number of benzene rings is 2. The van der Waals surface area contributed by atoms with Crippen LogP contribution in [0.2, 0.25) is 5.02 Å². The molecule has 2 aromatic carbocycles. The highest BCUT2D eigenvalue weighted by Crippen LogP contribution is 2.33. The van der Waals surface area contributed by atoms with Crippen molar-refractivity contribution in [1.82, 2.24) is 0 Å². The highest BCUT2D eigenvalue weighted by Gasteiger charge is 2.17. The van der Waals surface area contributed by atoms with Crippen LogP contribution in [0.15, 0.2) is 30.3 Å². The van der Waals surface area contributed by atoms with Crippen LogP contribution in [0.4, 0.5) is 19.3 Å². The minimum atomic E-state index is -2.66. The molecule has 4 nitrogen and oxygen atoms in total. The first-order valence-corrected chi connectivity index (χ1v) is 7.85. The number of ether oxygens (including phenoxy) is 2. The molecule has 1 amide bonds. The number of carbonyl (C=O) groups is 1. The third kappa shape index (κ3) is 4.60. The van der Waals surface area contributed by atoms with Crippen molar-refractivity contribution < 1.29 is 23.0 Å². The van der Waals surface area contributed by atoms with E-state index in [4.69, 9.17) is 16.3 Å². The predicted molar refractivity (Wildman–Crippen MR) is 92.7 cm³/mol. The van der Waals surface area contributed by atoms with Crippen molar-refractivity contribution in [1.29, 1.82) is 0 Å². The summed E-state index contributed by atoms with van der Waals surface area (Å²) in [6.45, 7) is 3.50. The number of hydrogen-bond acceptors (Lipinski definition) is 3. The first-order chi connectivity index (χ1) is 11.8. The van der Waals surface area contributed by atoms with Gasteiger partial charge in [0.1, 0.15) is 12.4 Å². The molecule has 0 heterocycles. The number of alkyl halides is 2. The van der Waals surface area contributed by atoms with Crippen LogP contribution in [0.1, 0.15) is 28.7 Å². The monoisotopic (exact) mass is 369 g/mol. The Morgan fingerprint density at radius 2 is 1.92 bits per heavy atom. The third-order valence-corrected chi connectivity index (χ3v) is 4.13. The smallest absolute Gasteiger partial charge is 0.411 e. The van der Waals surface area contributed by atoms with Gasteiger partial charge in [-0.1, -0.05) is 17.7 Å². The molecule has 0 saturated carbocycles. The number of halogens is 3. The molecule has 0 radical (unpaired) electrons. The van der Waals surface area contributed by atoms with Gasteiger partial charge < -0.3 is 9.47 Å². The zero-order valence-electron chi connectivity index (χ0n) is 14.0. The molecule has 2 rings (SSSR count). The minimum Gasteiger partial charge on any atom is -0.488 e. The first-order valence-electron chi connectivity index (χ1n) is 7.48. The summed E-state index contributed by atoms with van der Waals surface area (Å²) in [6.07, 6.45) is -3.32. The zero-order chi connectivity index (χ0) is 18.6. The van der Waals surface area contributed by atoms with E-state index >= 15 is 0 Å². The number of methoxy groups -OCH3 is 1. The number of amides is 1. The van der Waals surface area contributed by atoms with Gasteiger partial charge in [0.15, 0.2) is 0 Å². The average molecular weight is 370 g/mol. The van der Waals surface area contributed by atoms with Crippen molar-refractivity contribution in [2.75, 3.05) is 12.4 Å². The molecule has 0 fully saturated rings. The lowest BCUT2D eigenvalue weighted by atomic mass is 10.1. The van der Waals surface area contributed by atoms with E-state index in [1.54, 1.807) is 31.2 Å². The normalized spacial score (nSPS) is 10.7. The van der Waals surface area contributed by atoms with Crippen molar-refractivity contribution >= 4 is 23.4 Å². The molecular formula is C18H18ClF2NO3. The Kier molecular flexibility index (Phi) is 6.20. The maximum absolute atomic E-state index is 13.3. The molecule has 0 spiro atoms. The van der Waals surface area contributed by atoms with Crippen LogP contribution in [0.5, 0.6) is 5.75 Å². The summed E-state index contributed by atoms with van der Waals surface area (Å²) >= 11 is 6.16. The summed E-state index contributed by atoms with van der Waals surface area (Å²) < 4.78 is 36.7. The number of rotatable bonds is 5. The van der Waals surface area contributed by atoms with Crippen molar-refractivity contribution in [3.63, 3.8) is 0 Å². The van der Waals surface area contributed by atoms with E-state index < -0.39 is 12.5 Å². The molecule has 0 aliphatic carbocycles. The third-order valence-electron chi connectivity index (χ3n) is 3.77. The van der Waals surface area contributed by atoms with Crippen molar-refractivity contribution in [3.8, 4) is 5.75 Å². The number of carbonyl (C=O) groups excluding carboxylic acids is 1. The van der Waals surface area contributed by atoms with E-state index in [-0.39, 0.29) is 17.9 Å². The fraction of sp³-hybridized carbons (Fsp3) is 0.278. The Bertz CT molecular complexity index is 781. The summed E-state index contributed by atoms with van der Waals surface area (Å²) in [7, 11) is 1.24. The molecule has 0 atom stereocenters. The van der Waals surface area contributed by atoms with E-state index in [0.29, 0.717) is 16.3 Å². The molecule has 7 heteroatoms. The maximum atomic E-state index is 13.3. The molecule has 2 aromatic rings. The number of nitrogens with one attached hydrogen (secondary N) is 1. The second-order valence-corrected chi connectivity index (χ2v) is 5.85. The molecule has 25 heavy (non-hydrogen) atoms. The van der Waals surface area contributed by atoms with E-state index in [1.165, 1.54) is 13.2 Å². The molecule has 0 bridgehead atoms. The van der Waals surface area contributed by atoms with Gasteiger partial charge in [-0.05, 0) is 49.2 Å². The van der Waals surface area contributed by atoms with Crippen LogP contribution in [0.3, 0.4) is 0 Å². The second kappa shape index (κ2) is 8.16. The van der Waals surface area contributed by atoms with Crippen LogP contribution in [0, 0.1) is 13.8 Å². The Hall–Kier alpha value is -2.34. The average Bonchev–Trinajstić information content (AvgIpc) is 2.56. The van der Waals surface area contributed by atoms with Crippen molar-refractivity contribution in [2.24, 2.45) is 0 Å². The van der Waals surface area contributed by atoms with Gasteiger partial charge in [0, 0.05) is 10.6 Å². The standard InChI is InChI=1S/C18H18ClF2NO3/c1-10-7-12(17(20)21)16(8-11(10)2)25-9-13-14(19)5-4-6-15(13)22-18(23)24-3/h4-8,17H,9H2,1-3H3,(H,22,23). The summed E-state index contributed by atoms with van der Waals surface area (Å²) in [5, 5.41) is 2.87. The summed E-state index contributed by atoms with van der Waals surface area (Å²) in [5.41, 5.74) is 2.27. The molecule has 134 valence electrons. The highest BCUT2D eigenvalue weighted by molar-refractivity contribution is 6.31. The molecule has 0 aliphatic rings. The lowest BCUT2D eigenvalue weighted by Gasteiger charge is -2.16. The minimum absolute atomic E-state index is 0.0821. The molecule has 0 aliphatic heterocycles. The fourth-order valence-corrected chi connectivity index (χ4v) is 2.47. The van der Waals surface area contributed by atoms with Gasteiger partial charge in [-0.15, -0.1) is 0 Å². The molecule has 0 aromatic heterocycles. The number of hydrogen-bond donors (Lipinski definition) is 1. The number of aryl methyl sites for hydroxylation is 2. The van der Waals surface area contributed by atoms with Crippen molar-refractivity contribution in [2.45, 2.75) is 26.9 Å². The van der Waals surface area contributed by atoms with Crippen molar-refractivity contribution in [3.05, 3.63) is 57.6 Å². The topological polar surface area (TPSA) is 47.6 Å². The highest BCUT2D eigenvalue weighted by atomic mass is 35.5. The van der Waals surface area contributed by atoms with Crippen LogP contribution in [-0.2, 0) is 11.3 Å². The fourth-order valence-electron chi connectivity index (χ4n) is 2.24. The molecule has 0 saturated heterocycles. The Morgan fingerprint density at radius 3 is 2.56 bits per heavy atom. The van der Waals surface area contributed by atoms with Crippen LogP contribution in [-0.4, -0.2) is 13.2 Å². The van der Waals surface area contributed by atoms with Gasteiger partial charge in [0.05, 0.1) is 18.4 Å². The van der Waals surface area contributed by atoms with E-state index in [1.807, 2.05) is 6.92 Å². The van der Waals surface area contributed by atoms with Gasteiger partial charge in [-0.2, -0.15) is 0 Å². The lowest BCUT2D eigenvalue weighted by Crippen LogP contribution is -2.13. The summed E-state index contributed by atoms with van der Waals surface area (Å²) in [4.78, 5) is 11.4.